The van der Waals surface area contributed by atoms with E-state index in [-0.39, 0.29) is 15.8 Å². The van der Waals surface area contributed by atoms with E-state index in [0.29, 0.717) is 6.04 Å². The van der Waals surface area contributed by atoms with Crippen molar-refractivity contribution in [1.82, 2.24) is 4.90 Å². The van der Waals surface area contributed by atoms with Crippen LogP contribution in [0.3, 0.4) is 0 Å². The predicted octanol–water partition coefficient (Wildman–Crippen LogP) is 6.21. The van der Waals surface area contributed by atoms with E-state index in [1.807, 2.05) is 0 Å². The third-order valence-electron chi connectivity index (χ3n) is 4.07. The highest BCUT2D eigenvalue weighted by molar-refractivity contribution is 7.60. The Kier molecular flexibility index (Phi) is 10.2. The molecule has 0 N–H and O–H groups in total. The van der Waals surface area contributed by atoms with E-state index in [9.17, 15) is 0 Å². The Balaban J connectivity index is 4.88. The van der Waals surface area contributed by atoms with Crippen molar-refractivity contribution in [2.24, 2.45) is 0 Å². The lowest BCUT2D eigenvalue weighted by molar-refractivity contribution is 0.301. The Hall–Kier alpha value is 0.820. The molecule has 1 nitrogen and oxygen atoms in total. The largest absolute Gasteiger partial charge is 0.293 e. The minimum atomic E-state index is 0.117. The summed E-state index contributed by atoms with van der Waals surface area (Å²) in [5, 5.41) is 0. The van der Waals surface area contributed by atoms with Crippen molar-refractivity contribution >= 4 is 15.8 Å². The zero-order chi connectivity index (χ0) is 16.0. The molecule has 0 amide bonds. The molecule has 0 radical (unpaired) electrons. The first kappa shape index (κ1) is 20.8. The van der Waals surface area contributed by atoms with Gasteiger partial charge in [-0.05, 0) is 36.5 Å². The topological polar surface area (TPSA) is 3.24 Å². The van der Waals surface area contributed by atoms with Crippen LogP contribution in [0.5, 0.6) is 0 Å². The highest BCUT2D eigenvalue weighted by Crippen LogP contribution is 2.51. The van der Waals surface area contributed by atoms with Crippen molar-refractivity contribution in [3.63, 3.8) is 0 Å². The van der Waals surface area contributed by atoms with Crippen LogP contribution >= 0.6 is 15.8 Å². The average molecular weight is 319 g/mol. The van der Waals surface area contributed by atoms with Crippen LogP contribution in [0.1, 0.15) is 69.2 Å². The summed E-state index contributed by atoms with van der Waals surface area (Å²) >= 11 is 0. The summed E-state index contributed by atoms with van der Waals surface area (Å²) in [4.78, 5) is 2.79. The fraction of sp³-hybridized carbons (Fsp3) is 1.00. The molecule has 0 saturated heterocycles. The van der Waals surface area contributed by atoms with Gasteiger partial charge in [-0.3, -0.25) is 4.90 Å². The van der Waals surface area contributed by atoms with Crippen molar-refractivity contribution in [3.8, 4) is 0 Å². The molecule has 0 rings (SSSR count). The zero-order valence-electron chi connectivity index (χ0n) is 15.6. The van der Waals surface area contributed by atoms with Gasteiger partial charge in [-0.2, -0.15) is 0 Å². The van der Waals surface area contributed by atoms with Gasteiger partial charge in [0.05, 0.1) is 0 Å². The van der Waals surface area contributed by atoms with Gasteiger partial charge in [0.25, 0.3) is 0 Å². The van der Waals surface area contributed by atoms with Gasteiger partial charge in [0.15, 0.2) is 0 Å². The van der Waals surface area contributed by atoms with Gasteiger partial charge in [-0.15, -0.1) is 0 Å². The second-order valence-electron chi connectivity index (χ2n) is 7.37. The van der Waals surface area contributed by atoms with Gasteiger partial charge in [0, 0.05) is 18.6 Å². The Morgan fingerprint density at radius 1 is 0.550 bits per heavy atom. The summed E-state index contributed by atoms with van der Waals surface area (Å²) in [6.07, 6.45) is 2.67. The third kappa shape index (κ3) is 7.20. The molecule has 122 valence electrons. The smallest absolute Gasteiger partial charge is 0.0195 e. The van der Waals surface area contributed by atoms with Crippen molar-refractivity contribution in [2.45, 2.75) is 97.9 Å². The van der Waals surface area contributed by atoms with Gasteiger partial charge in [-0.25, -0.2) is 0 Å². The summed E-state index contributed by atoms with van der Waals surface area (Å²) in [5.74, 6) is 0. The highest BCUT2D eigenvalue weighted by atomic mass is 31.1. The van der Waals surface area contributed by atoms with Gasteiger partial charge in [0.1, 0.15) is 0 Å². The molecule has 0 aromatic carbocycles. The van der Waals surface area contributed by atoms with E-state index in [2.05, 4.69) is 74.1 Å². The minimum Gasteiger partial charge on any atom is -0.293 e. The Labute approximate surface area is 131 Å². The van der Waals surface area contributed by atoms with E-state index in [0.717, 1.165) is 22.6 Å². The molecule has 0 heterocycles. The molecule has 0 fully saturated rings. The molecular formula is C17H39NP2. The molecule has 0 unspecified atom stereocenters. The lowest BCUT2D eigenvalue weighted by Crippen LogP contribution is -2.35. The summed E-state index contributed by atoms with van der Waals surface area (Å²) in [6, 6.07) is 0.681. The normalized spacial score (nSPS) is 13.5. The van der Waals surface area contributed by atoms with Crippen LogP contribution in [0.4, 0.5) is 0 Å². The third-order valence-corrected chi connectivity index (χ3v) is 10.8. The SMILES string of the molecule is CC(C)N(CP(C(C)C)C(C)C)CP(C(C)C)C(C)C. The second-order valence-corrected chi connectivity index (χ2v) is 14.1. The molecule has 0 aromatic rings. The quantitative estimate of drug-likeness (QED) is 0.457. The van der Waals surface area contributed by atoms with E-state index >= 15 is 0 Å². The van der Waals surface area contributed by atoms with Crippen LogP contribution in [0.15, 0.2) is 0 Å². The van der Waals surface area contributed by atoms with Gasteiger partial charge in [-0.1, -0.05) is 71.2 Å². The molecule has 0 bridgehead atoms. The molecule has 0 atom stereocenters. The second kappa shape index (κ2) is 9.76. The van der Waals surface area contributed by atoms with Gasteiger partial charge < -0.3 is 0 Å². The number of hydrogen-bond acceptors (Lipinski definition) is 1. The van der Waals surface area contributed by atoms with Crippen LogP contribution in [-0.4, -0.2) is 46.1 Å². The maximum Gasteiger partial charge on any atom is 0.0195 e. The molecule has 0 aromatic heterocycles. The molecule has 0 aliphatic rings. The lowest BCUT2D eigenvalue weighted by Gasteiger charge is -2.39. The molecule has 0 saturated carbocycles. The summed E-state index contributed by atoms with van der Waals surface area (Å²) in [7, 11) is 0.233. The summed E-state index contributed by atoms with van der Waals surface area (Å²) in [5.41, 5.74) is 3.37. The minimum absolute atomic E-state index is 0.117. The molecule has 3 heteroatoms. The van der Waals surface area contributed by atoms with Crippen LogP contribution in [0.25, 0.3) is 0 Å². The number of nitrogens with zero attached hydrogens (tertiary/aromatic N) is 1. The van der Waals surface area contributed by atoms with Crippen molar-refractivity contribution < 1.29 is 0 Å². The Bertz CT molecular complexity index is 211. The Morgan fingerprint density at radius 3 is 0.950 bits per heavy atom. The molecule has 0 spiro atoms. The lowest BCUT2D eigenvalue weighted by atomic mass is 10.4. The molecular weight excluding hydrogens is 280 g/mol. The standard InChI is InChI=1S/C17H39NP2/c1-13(2)18(11-19(14(3)4)15(5)6)12-20(16(7)8)17(9)10/h13-17H,11-12H2,1-10H3. The molecule has 0 aliphatic carbocycles. The van der Waals surface area contributed by atoms with Crippen LogP contribution in [0, 0.1) is 0 Å². The van der Waals surface area contributed by atoms with Crippen molar-refractivity contribution in [1.29, 1.82) is 0 Å². The van der Waals surface area contributed by atoms with Crippen LogP contribution in [0.2, 0.25) is 0 Å². The maximum absolute atomic E-state index is 2.79. The number of rotatable bonds is 9. The number of hydrogen-bond donors (Lipinski definition) is 0. The van der Waals surface area contributed by atoms with E-state index in [1.165, 1.54) is 12.6 Å². The first-order valence-corrected chi connectivity index (χ1v) is 11.7. The highest BCUT2D eigenvalue weighted by Gasteiger charge is 2.26. The van der Waals surface area contributed by atoms with E-state index in [4.69, 9.17) is 0 Å². The molecule has 0 aliphatic heterocycles. The monoisotopic (exact) mass is 319 g/mol. The van der Waals surface area contributed by atoms with Crippen LogP contribution in [-0.2, 0) is 0 Å². The predicted molar refractivity (Wildman–Crippen MR) is 101 cm³/mol. The van der Waals surface area contributed by atoms with Gasteiger partial charge >= 0.3 is 0 Å². The summed E-state index contributed by atoms with van der Waals surface area (Å²) < 4.78 is 0. The zero-order valence-corrected chi connectivity index (χ0v) is 17.4. The average Bonchev–Trinajstić information content (AvgIpc) is 2.26. The van der Waals surface area contributed by atoms with Crippen molar-refractivity contribution in [3.05, 3.63) is 0 Å². The molecule has 20 heavy (non-hydrogen) atoms. The fourth-order valence-electron chi connectivity index (χ4n) is 2.64. The maximum atomic E-state index is 2.79. The summed E-state index contributed by atoms with van der Waals surface area (Å²) in [6.45, 7) is 24.1. The van der Waals surface area contributed by atoms with Gasteiger partial charge in [0.2, 0.25) is 0 Å². The van der Waals surface area contributed by atoms with E-state index < -0.39 is 0 Å². The van der Waals surface area contributed by atoms with Crippen molar-refractivity contribution in [2.75, 3.05) is 12.6 Å². The fourth-order valence-corrected chi connectivity index (χ4v) is 8.18. The first-order chi connectivity index (χ1) is 9.07. The van der Waals surface area contributed by atoms with Crippen LogP contribution < -0.4 is 0 Å². The Morgan fingerprint density at radius 2 is 0.800 bits per heavy atom. The van der Waals surface area contributed by atoms with E-state index in [1.54, 1.807) is 0 Å². The first-order valence-electron chi connectivity index (χ1n) is 8.33.